The molecule has 21 heavy (non-hydrogen) atoms. The van der Waals surface area contributed by atoms with Gasteiger partial charge in [-0.25, -0.2) is 9.59 Å². The summed E-state index contributed by atoms with van der Waals surface area (Å²) in [6.45, 7) is 0. The van der Waals surface area contributed by atoms with Crippen LogP contribution in [0.3, 0.4) is 0 Å². The minimum absolute atomic E-state index is 0.260. The summed E-state index contributed by atoms with van der Waals surface area (Å²) >= 11 is 6.16. The first-order valence-corrected chi connectivity index (χ1v) is 6.51. The van der Waals surface area contributed by atoms with Crippen molar-refractivity contribution in [2.24, 2.45) is 0 Å². The molecule has 4 nitrogen and oxygen atoms in total. The molecule has 0 aliphatic carbocycles. The maximum Gasteiger partial charge on any atom is 0.337 e. The molecule has 0 N–H and O–H groups in total. The van der Waals surface area contributed by atoms with Crippen LogP contribution in [0.4, 0.5) is 0 Å². The van der Waals surface area contributed by atoms with Gasteiger partial charge in [-0.15, -0.1) is 0 Å². The maximum atomic E-state index is 11.7. The third-order valence-electron chi connectivity index (χ3n) is 2.96. The molecule has 0 amide bonds. The van der Waals surface area contributed by atoms with Gasteiger partial charge >= 0.3 is 11.9 Å². The summed E-state index contributed by atoms with van der Waals surface area (Å²) in [5.74, 6) is -1.07. The molecule has 2 rings (SSSR count). The summed E-state index contributed by atoms with van der Waals surface area (Å²) in [5.41, 5.74) is 1.88. The van der Waals surface area contributed by atoms with Crippen molar-refractivity contribution >= 4 is 23.5 Å². The van der Waals surface area contributed by atoms with Crippen LogP contribution in [0.25, 0.3) is 11.1 Å². The predicted octanol–water partition coefficient (Wildman–Crippen LogP) is 3.58. The van der Waals surface area contributed by atoms with Crippen molar-refractivity contribution in [2.45, 2.75) is 0 Å². The van der Waals surface area contributed by atoms with E-state index in [2.05, 4.69) is 0 Å². The van der Waals surface area contributed by atoms with E-state index in [0.717, 1.165) is 5.56 Å². The molecule has 0 saturated carbocycles. The summed E-state index contributed by atoms with van der Waals surface area (Å²) in [6, 6.07) is 11.8. The molecule has 0 unspecified atom stereocenters. The summed E-state index contributed by atoms with van der Waals surface area (Å²) in [5, 5.41) is 0.523. The van der Waals surface area contributed by atoms with E-state index in [9.17, 15) is 9.59 Å². The number of carbonyl (C=O) groups excluding carboxylic acids is 2. The van der Waals surface area contributed by atoms with E-state index >= 15 is 0 Å². The fraction of sp³-hybridized carbons (Fsp3) is 0.125. The molecule has 5 heteroatoms. The Morgan fingerprint density at radius 3 is 1.90 bits per heavy atom. The number of methoxy groups -OCH3 is 2. The van der Waals surface area contributed by atoms with E-state index in [1.54, 1.807) is 30.3 Å². The first kappa shape index (κ1) is 15.1. The molecule has 108 valence electrons. The van der Waals surface area contributed by atoms with Gasteiger partial charge in [-0.3, -0.25) is 0 Å². The highest BCUT2D eigenvalue weighted by molar-refractivity contribution is 6.33. The lowest BCUT2D eigenvalue weighted by molar-refractivity contribution is 0.0599. The fourth-order valence-corrected chi connectivity index (χ4v) is 2.19. The Morgan fingerprint density at radius 2 is 1.43 bits per heavy atom. The van der Waals surface area contributed by atoms with Crippen LogP contribution in [0.1, 0.15) is 20.7 Å². The van der Waals surface area contributed by atoms with Crippen LogP contribution in [0.5, 0.6) is 0 Å². The lowest BCUT2D eigenvalue weighted by Gasteiger charge is -2.09. The van der Waals surface area contributed by atoms with E-state index in [-0.39, 0.29) is 11.1 Å². The van der Waals surface area contributed by atoms with E-state index in [1.807, 2.05) is 6.07 Å². The number of hydrogen-bond donors (Lipinski definition) is 0. The SMILES string of the molecule is COC(=O)c1cc(C(=O)OC)cc(-c2ccccc2Cl)c1. The highest BCUT2D eigenvalue weighted by atomic mass is 35.5. The largest absolute Gasteiger partial charge is 0.465 e. The maximum absolute atomic E-state index is 11.7. The van der Waals surface area contributed by atoms with E-state index in [0.29, 0.717) is 10.6 Å². The molecular formula is C16H13ClO4. The average Bonchev–Trinajstić information content (AvgIpc) is 2.53. The van der Waals surface area contributed by atoms with Crippen molar-refractivity contribution in [2.75, 3.05) is 14.2 Å². The van der Waals surface area contributed by atoms with E-state index in [4.69, 9.17) is 21.1 Å². The Labute approximate surface area is 127 Å². The third-order valence-corrected chi connectivity index (χ3v) is 3.29. The predicted molar refractivity (Wildman–Crippen MR) is 79.6 cm³/mol. The molecule has 0 radical (unpaired) electrons. The van der Waals surface area contributed by atoms with Crippen LogP contribution < -0.4 is 0 Å². The number of esters is 2. The van der Waals surface area contributed by atoms with Gasteiger partial charge in [-0.2, -0.15) is 0 Å². The quantitative estimate of drug-likeness (QED) is 0.813. The zero-order valence-corrected chi connectivity index (χ0v) is 12.3. The highest BCUT2D eigenvalue weighted by Gasteiger charge is 2.15. The molecule has 0 bridgehead atoms. The molecule has 0 saturated heterocycles. The third kappa shape index (κ3) is 3.23. The van der Waals surface area contributed by atoms with Gasteiger partial charge < -0.3 is 9.47 Å². The molecule has 0 aliphatic rings. The molecule has 2 aromatic carbocycles. The zero-order chi connectivity index (χ0) is 15.4. The molecule has 0 atom stereocenters. The Bertz CT molecular complexity index is 660. The van der Waals surface area contributed by atoms with Crippen molar-refractivity contribution in [3.63, 3.8) is 0 Å². The van der Waals surface area contributed by atoms with Crippen molar-refractivity contribution in [3.05, 3.63) is 58.6 Å². The van der Waals surface area contributed by atoms with Gasteiger partial charge in [0.1, 0.15) is 0 Å². The van der Waals surface area contributed by atoms with Crippen LogP contribution in [-0.2, 0) is 9.47 Å². The average molecular weight is 305 g/mol. The minimum atomic E-state index is -0.533. The van der Waals surface area contributed by atoms with Gasteiger partial charge in [0.2, 0.25) is 0 Å². The Balaban J connectivity index is 2.63. The summed E-state index contributed by atoms with van der Waals surface area (Å²) in [4.78, 5) is 23.5. The number of carbonyl (C=O) groups is 2. The lowest BCUT2D eigenvalue weighted by Crippen LogP contribution is -2.07. The summed E-state index contributed by atoms with van der Waals surface area (Å²) < 4.78 is 9.40. The van der Waals surface area contributed by atoms with Crippen LogP contribution in [0.15, 0.2) is 42.5 Å². The highest BCUT2D eigenvalue weighted by Crippen LogP contribution is 2.29. The lowest BCUT2D eigenvalue weighted by atomic mass is 9.99. The van der Waals surface area contributed by atoms with Crippen molar-refractivity contribution in [3.8, 4) is 11.1 Å². The Morgan fingerprint density at radius 1 is 0.905 bits per heavy atom. The minimum Gasteiger partial charge on any atom is -0.465 e. The zero-order valence-electron chi connectivity index (χ0n) is 11.6. The molecule has 0 aromatic heterocycles. The Kier molecular flexibility index (Phi) is 4.60. The first-order chi connectivity index (χ1) is 10.1. The smallest absolute Gasteiger partial charge is 0.337 e. The van der Waals surface area contributed by atoms with Crippen LogP contribution in [0, 0.1) is 0 Å². The van der Waals surface area contributed by atoms with Gasteiger partial charge in [0.25, 0.3) is 0 Å². The van der Waals surface area contributed by atoms with Gasteiger partial charge in [0.15, 0.2) is 0 Å². The van der Waals surface area contributed by atoms with Gasteiger partial charge in [0.05, 0.1) is 25.3 Å². The van der Waals surface area contributed by atoms with Crippen LogP contribution in [0.2, 0.25) is 5.02 Å². The molecule has 0 spiro atoms. The number of benzene rings is 2. The number of halogens is 1. The van der Waals surface area contributed by atoms with Crippen LogP contribution >= 0.6 is 11.6 Å². The second-order valence-electron chi connectivity index (χ2n) is 4.26. The number of hydrogen-bond acceptors (Lipinski definition) is 4. The summed E-state index contributed by atoms with van der Waals surface area (Å²) in [6.07, 6.45) is 0. The van der Waals surface area contributed by atoms with Crippen molar-refractivity contribution in [1.82, 2.24) is 0 Å². The molecule has 0 fully saturated rings. The molecule has 0 aliphatic heterocycles. The number of rotatable bonds is 3. The van der Waals surface area contributed by atoms with Crippen LogP contribution in [-0.4, -0.2) is 26.2 Å². The normalized spacial score (nSPS) is 10.0. The van der Waals surface area contributed by atoms with Gasteiger partial charge in [0, 0.05) is 10.6 Å². The van der Waals surface area contributed by atoms with Gasteiger partial charge in [-0.1, -0.05) is 29.8 Å². The molecule has 0 heterocycles. The fourth-order valence-electron chi connectivity index (χ4n) is 1.95. The van der Waals surface area contributed by atoms with Crippen molar-refractivity contribution < 1.29 is 19.1 Å². The van der Waals surface area contributed by atoms with Gasteiger partial charge in [-0.05, 0) is 29.8 Å². The second kappa shape index (κ2) is 6.41. The van der Waals surface area contributed by atoms with E-state index in [1.165, 1.54) is 20.3 Å². The Hall–Kier alpha value is -2.33. The number of ether oxygens (including phenoxy) is 2. The summed E-state index contributed by atoms with van der Waals surface area (Å²) in [7, 11) is 2.56. The first-order valence-electron chi connectivity index (χ1n) is 6.13. The standard InChI is InChI=1S/C16H13ClO4/c1-20-15(18)11-7-10(8-12(9-11)16(19)21-2)13-5-3-4-6-14(13)17/h3-9H,1-2H3. The second-order valence-corrected chi connectivity index (χ2v) is 4.67. The van der Waals surface area contributed by atoms with E-state index < -0.39 is 11.9 Å². The molecule has 2 aromatic rings. The monoisotopic (exact) mass is 304 g/mol. The molecular weight excluding hydrogens is 292 g/mol. The topological polar surface area (TPSA) is 52.6 Å². The van der Waals surface area contributed by atoms with Crippen molar-refractivity contribution in [1.29, 1.82) is 0 Å².